The zero-order valence-corrected chi connectivity index (χ0v) is 13.2. The average molecular weight is 327 g/mol. The number of nitrogens with one attached hydrogen (secondary N) is 1. The molecule has 0 saturated heterocycles. The van der Waals surface area contributed by atoms with Gasteiger partial charge in [-0.3, -0.25) is 0 Å². The van der Waals surface area contributed by atoms with Gasteiger partial charge in [-0.15, -0.1) is 11.3 Å². The van der Waals surface area contributed by atoms with Crippen molar-refractivity contribution in [3.8, 4) is 5.75 Å². The monoisotopic (exact) mass is 327 g/mol. The highest BCUT2D eigenvalue weighted by molar-refractivity contribution is 7.89. The van der Waals surface area contributed by atoms with Gasteiger partial charge in [0.2, 0.25) is 10.0 Å². The summed E-state index contributed by atoms with van der Waals surface area (Å²) in [4.78, 5) is 0.601. The molecule has 2 aromatic rings. The molecule has 0 aliphatic heterocycles. The van der Waals surface area contributed by atoms with Crippen molar-refractivity contribution < 1.29 is 18.3 Å². The molecule has 0 aliphatic rings. The lowest BCUT2D eigenvalue weighted by molar-refractivity contribution is 0.282. The molecule has 1 aromatic carbocycles. The van der Waals surface area contributed by atoms with Crippen LogP contribution in [0.1, 0.15) is 10.4 Å². The van der Waals surface area contributed by atoms with E-state index in [-0.39, 0.29) is 18.0 Å². The van der Waals surface area contributed by atoms with Crippen LogP contribution in [0.4, 0.5) is 0 Å². The van der Waals surface area contributed by atoms with Gasteiger partial charge < -0.3 is 9.84 Å². The molecule has 0 bridgehead atoms. The first-order chi connectivity index (χ1) is 10.1. The van der Waals surface area contributed by atoms with Crippen LogP contribution < -0.4 is 9.46 Å². The molecule has 5 nitrogen and oxygen atoms in total. The van der Waals surface area contributed by atoms with Gasteiger partial charge in [0.1, 0.15) is 5.75 Å². The summed E-state index contributed by atoms with van der Waals surface area (Å²) in [5.74, 6) is 0.746. The van der Waals surface area contributed by atoms with Gasteiger partial charge in [-0.2, -0.15) is 0 Å². The Morgan fingerprint density at radius 1 is 1.33 bits per heavy atom. The first-order valence-electron chi connectivity index (χ1n) is 6.36. The lowest BCUT2D eigenvalue weighted by Gasteiger charge is -2.08. The molecule has 0 atom stereocenters. The Morgan fingerprint density at radius 3 is 2.86 bits per heavy atom. The van der Waals surface area contributed by atoms with E-state index in [1.165, 1.54) is 17.4 Å². The van der Waals surface area contributed by atoms with Crippen LogP contribution in [0.15, 0.2) is 40.6 Å². The molecule has 114 valence electrons. The molecule has 0 fully saturated rings. The standard InChI is InChI=1S/C14H17NO4S2/c1-19-12-4-2-3-11(9-12)5-7-15-21(17,18)14-6-8-20-13(14)10-16/h2-4,6,8-9,15-16H,5,7,10H2,1H3. The average Bonchev–Trinajstić information content (AvgIpc) is 2.97. The third-order valence-corrected chi connectivity index (χ3v) is 5.56. The number of thiophene rings is 1. The van der Waals surface area contributed by atoms with Gasteiger partial charge >= 0.3 is 0 Å². The molecule has 21 heavy (non-hydrogen) atoms. The second-order valence-corrected chi connectivity index (χ2v) is 7.10. The maximum absolute atomic E-state index is 12.1. The molecule has 0 spiro atoms. The Balaban J connectivity index is 1.99. The highest BCUT2D eigenvalue weighted by Crippen LogP contribution is 2.21. The van der Waals surface area contributed by atoms with E-state index in [9.17, 15) is 8.42 Å². The molecule has 0 radical (unpaired) electrons. The normalized spacial score (nSPS) is 11.5. The van der Waals surface area contributed by atoms with E-state index in [1.807, 2.05) is 24.3 Å². The summed E-state index contributed by atoms with van der Waals surface area (Å²) < 4.78 is 32.0. The fourth-order valence-electron chi connectivity index (χ4n) is 1.92. The van der Waals surface area contributed by atoms with Crippen LogP contribution in [0.25, 0.3) is 0 Å². The van der Waals surface area contributed by atoms with Gasteiger partial charge in [0.15, 0.2) is 0 Å². The molecular formula is C14H17NO4S2. The topological polar surface area (TPSA) is 75.6 Å². The molecule has 2 N–H and O–H groups in total. The Hall–Kier alpha value is -1.41. The number of aliphatic hydroxyl groups excluding tert-OH is 1. The summed E-state index contributed by atoms with van der Waals surface area (Å²) in [6.45, 7) is 0.0139. The minimum atomic E-state index is -3.58. The van der Waals surface area contributed by atoms with E-state index in [4.69, 9.17) is 9.84 Å². The van der Waals surface area contributed by atoms with Crippen molar-refractivity contribution in [1.82, 2.24) is 4.72 Å². The minimum Gasteiger partial charge on any atom is -0.497 e. The third kappa shape index (κ3) is 4.04. The summed E-state index contributed by atoms with van der Waals surface area (Å²) in [6, 6.07) is 9.00. The molecule has 0 amide bonds. The SMILES string of the molecule is COc1cccc(CCNS(=O)(=O)c2ccsc2CO)c1. The number of methoxy groups -OCH3 is 1. The van der Waals surface area contributed by atoms with Crippen LogP contribution in [-0.2, 0) is 23.1 Å². The van der Waals surface area contributed by atoms with Crippen LogP contribution in [0, 0.1) is 0 Å². The maximum Gasteiger partial charge on any atom is 0.241 e. The van der Waals surface area contributed by atoms with Crippen molar-refractivity contribution in [1.29, 1.82) is 0 Å². The Kier molecular flexibility index (Phi) is 5.35. The molecule has 0 unspecified atom stereocenters. The minimum absolute atomic E-state index is 0.153. The lowest BCUT2D eigenvalue weighted by Crippen LogP contribution is -2.26. The second kappa shape index (κ2) is 7.04. The Morgan fingerprint density at radius 2 is 2.14 bits per heavy atom. The zero-order chi connectivity index (χ0) is 15.3. The van der Waals surface area contributed by atoms with E-state index in [0.717, 1.165) is 11.3 Å². The van der Waals surface area contributed by atoms with E-state index in [1.54, 1.807) is 12.5 Å². The summed E-state index contributed by atoms with van der Waals surface area (Å²) in [5.41, 5.74) is 0.991. The Bertz CT molecular complexity index is 695. The maximum atomic E-state index is 12.1. The number of ether oxygens (including phenoxy) is 1. The van der Waals surface area contributed by atoms with Crippen molar-refractivity contribution in [3.63, 3.8) is 0 Å². The van der Waals surface area contributed by atoms with E-state index in [2.05, 4.69) is 4.72 Å². The van der Waals surface area contributed by atoms with Crippen molar-refractivity contribution >= 4 is 21.4 Å². The van der Waals surface area contributed by atoms with E-state index >= 15 is 0 Å². The molecule has 2 rings (SSSR count). The van der Waals surface area contributed by atoms with E-state index < -0.39 is 10.0 Å². The van der Waals surface area contributed by atoms with Gasteiger partial charge in [0, 0.05) is 11.4 Å². The lowest BCUT2D eigenvalue weighted by atomic mass is 10.1. The summed E-state index contributed by atoms with van der Waals surface area (Å²) in [7, 11) is -1.98. The van der Waals surface area contributed by atoms with Crippen molar-refractivity contribution in [3.05, 3.63) is 46.2 Å². The number of sulfonamides is 1. The van der Waals surface area contributed by atoms with Gasteiger partial charge in [0.25, 0.3) is 0 Å². The van der Waals surface area contributed by atoms with E-state index in [0.29, 0.717) is 11.3 Å². The van der Waals surface area contributed by atoms with Crippen LogP contribution in [0.2, 0.25) is 0 Å². The predicted molar refractivity (Wildman–Crippen MR) is 82.1 cm³/mol. The number of hydrogen-bond acceptors (Lipinski definition) is 5. The number of aliphatic hydroxyl groups is 1. The van der Waals surface area contributed by atoms with Crippen molar-refractivity contribution in [2.75, 3.05) is 13.7 Å². The van der Waals surface area contributed by atoms with Gasteiger partial charge in [-0.1, -0.05) is 12.1 Å². The van der Waals surface area contributed by atoms with Crippen molar-refractivity contribution in [2.24, 2.45) is 0 Å². The van der Waals surface area contributed by atoms with Gasteiger partial charge in [-0.05, 0) is 35.6 Å². The number of hydrogen-bond donors (Lipinski definition) is 2. The second-order valence-electron chi connectivity index (χ2n) is 4.37. The first kappa shape index (κ1) is 16.0. The quantitative estimate of drug-likeness (QED) is 0.813. The zero-order valence-electron chi connectivity index (χ0n) is 11.6. The first-order valence-corrected chi connectivity index (χ1v) is 8.73. The van der Waals surface area contributed by atoms with Gasteiger partial charge in [0.05, 0.1) is 18.6 Å². The molecule has 1 heterocycles. The molecule has 1 aromatic heterocycles. The van der Waals surface area contributed by atoms with Crippen molar-refractivity contribution in [2.45, 2.75) is 17.9 Å². The Labute approximate surface area is 128 Å². The fourth-order valence-corrected chi connectivity index (χ4v) is 4.24. The van der Waals surface area contributed by atoms with Gasteiger partial charge in [-0.25, -0.2) is 13.1 Å². The highest BCUT2D eigenvalue weighted by atomic mass is 32.2. The predicted octanol–water partition coefficient (Wildman–Crippen LogP) is 1.77. The largest absolute Gasteiger partial charge is 0.497 e. The highest BCUT2D eigenvalue weighted by Gasteiger charge is 2.18. The van der Waals surface area contributed by atoms with Crippen LogP contribution >= 0.6 is 11.3 Å². The van der Waals surface area contributed by atoms with Crippen LogP contribution in [0.3, 0.4) is 0 Å². The summed E-state index contributed by atoms with van der Waals surface area (Å²) >= 11 is 1.23. The number of rotatable bonds is 7. The molecule has 0 saturated carbocycles. The smallest absolute Gasteiger partial charge is 0.241 e. The summed E-state index contributed by atoms with van der Waals surface area (Å²) in [5, 5.41) is 10.8. The van der Waals surface area contributed by atoms with Crippen LogP contribution in [-0.4, -0.2) is 27.2 Å². The fraction of sp³-hybridized carbons (Fsp3) is 0.286. The molecular weight excluding hydrogens is 310 g/mol. The number of benzene rings is 1. The molecule has 7 heteroatoms. The molecule has 0 aliphatic carbocycles. The third-order valence-electron chi connectivity index (χ3n) is 2.98. The van der Waals surface area contributed by atoms with Crippen LogP contribution in [0.5, 0.6) is 5.75 Å². The summed E-state index contributed by atoms with van der Waals surface area (Å²) in [6.07, 6.45) is 0.565.